The molecule has 16 heavy (non-hydrogen) atoms. The molecule has 1 rings (SSSR count). The first kappa shape index (κ1) is 13.3. The number of hydrogen-bond acceptors (Lipinski definition) is 2. The van der Waals surface area contributed by atoms with Crippen molar-refractivity contribution in [1.82, 2.24) is 10.2 Å². The third-order valence-electron chi connectivity index (χ3n) is 3.41. The summed E-state index contributed by atoms with van der Waals surface area (Å²) in [5.41, 5.74) is 6.05. The van der Waals surface area contributed by atoms with Crippen molar-refractivity contribution in [2.24, 2.45) is 5.73 Å². The maximum absolute atomic E-state index is 11.8. The minimum absolute atomic E-state index is 0.0239. The normalized spacial score (nSPS) is 25.2. The van der Waals surface area contributed by atoms with Crippen molar-refractivity contribution in [1.29, 1.82) is 0 Å². The van der Waals surface area contributed by atoms with Gasteiger partial charge in [-0.1, -0.05) is 26.2 Å². The lowest BCUT2D eigenvalue weighted by Crippen LogP contribution is -2.53. The van der Waals surface area contributed by atoms with Crippen LogP contribution in [-0.2, 0) is 0 Å². The fourth-order valence-electron chi connectivity index (χ4n) is 2.27. The van der Waals surface area contributed by atoms with E-state index < -0.39 is 0 Å². The summed E-state index contributed by atoms with van der Waals surface area (Å²) in [5, 5.41) is 2.93. The SMILES string of the molecule is CCCCNC(=O)N(C)C1CCCCC1N. The maximum atomic E-state index is 11.8. The molecule has 0 aromatic rings. The molecule has 4 nitrogen and oxygen atoms in total. The molecule has 1 saturated carbocycles. The second kappa shape index (κ2) is 6.74. The second-order valence-corrected chi connectivity index (χ2v) is 4.71. The third kappa shape index (κ3) is 3.67. The molecule has 0 bridgehead atoms. The van der Waals surface area contributed by atoms with Crippen LogP contribution in [0.25, 0.3) is 0 Å². The molecule has 0 saturated heterocycles. The monoisotopic (exact) mass is 227 g/mol. The van der Waals surface area contributed by atoms with Gasteiger partial charge in [0, 0.05) is 25.7 Å². The molecular weight excluding hydrogens is 202 g/mol. The van der Waals surface area contributed by atoms with Gasteiger partial charge in [-0.3, -0.25) is 0 Å². The summed E-state index contributed by atoms with van der Waals surface area (Å²) in [6.07, 6.45) is 6.60. The number of amides is 2. The van der Waals surface area contributed by atoms with Crippen LogP contribution in [0.15, 0.2) is 0 Å². The highest BCUT2D eigenvalue weighted by Crippen LogP contribution is 2.20. The summed E-state index contributed by atoms with van der Waals surface area (Å²) in [5.74, 6) is 0. The highest BCUT2D eigenvalue weighted by Gasteiger charge is 2.27. The van der Waals surface area contributed by atoms with Gasteiger partial charge in [0.25, 0.3) is 0 Å². The van der Waals surface area contributed by atoms with Crippen LogP contribution in [0, 0.1) is 0 Å². The highest BCUT2D eigenvalue weighted by atomic mass is 16.2. The van der Waals surface area contributed by atoms with Crippen molar-refractivity contribution in [3.8, 4) is 0 Å². The Labute approximate surface area is 98.6 Å². The van der Waals surface area contributed by atoms with Crippen LogP contribution < -0.4 is 11.1 Å². The summed E-state index contributed by atoms with van der Waals surface area (Å²) < 4.78 is 0. The molecule has 94 valence electrons. The zero-order chi connectivity index (χ0) is 12.0. The van der Waals surface area contributed by atoms with Crippen LogP contribution >= 0.6 is 0 Å². The Bertz CT molecular complexity index is 220. The van der Waals surface area contributed by atoms with Crippen molar-refractivity contribution < 1.29 is 4.79 Å². The zero-order valence-corrected chi connectivity index (χ0v) is 10.5. The largest absolute Gasteiger partial charge is 0.338 e. The predicted molar refractivity (Wildman–Crippen MR) is 66.3 cm³/mol. The van der Waals surface area contributed by atoms with Gasteiger partial charge in [-0.05, 0) is 19.3 Å². The number of hydrogen-bond donors (Lipinski definition) is 2. The van der Waals surface area contributed by atoms with Crippen molar-refractivity contribution in [2.45, 2.75) is 57.5 Å². The Morgan fingerprint density at radius 2 is 2.12 bits per heavy atom. The van der Waals surface area contributed by atoms with Gasteiger partial charge in [0.05, 0.1) is 0 Å². The molecule has 0 aromatic carbocycles. The van der Waals surface area contributed by atoms with Gasteiger partial charge in [-0.15, -0.1) is 0 Å². The molecule has 1 aliphatic rings. The maximum Gasteiger partial charge on any atom is 0.317 e. The van der Waals surface area contributed by atoms with Crippen LogP contribution in [0.3, 0.4) is 0 Å². The molecule has 4 heteroatoms. The van der Waals surface area contributed by atoms with Crippen molar-refractivity contribution in [3.63, 3.8) is 0 Å². The van der Waals surface area contributed by atoms with Gasteiger partial charge in [-0.25, -0.2) is 4.79 Å². The second-order valence-electron chi connectivity index (χ2n) is 4.71. The Kier molecular flexibility index (Phi) is 5.60. The Morgan fingerprint density at radius 1 is 1.44 bits per heavy atom. The summed E-state index contributed by atoms with van der Waals surface area (Å²) in [4.78, 5) is 13.6. The van der Waals surface area contributed by atoms with E-state index in [1.165, 1.54) is 12.8 Å². The fourth-order valence-corrected chi connectivity index (χ4v) is 2.27. The number of nitrogens with one attached hydrogen (secondary N) is 1. The fraction of sp³-hybridized carbons (Fsp3) is 0.917. The van der Waals surface area contributed by atoms with E-state index in [1.807, 2.05) is 7.05 Å². The first-order chi connectivity index (χ1) is 7.66. The van der Waals surface area contributed by atoms with E-state index in [-0.39, 0.29) is 18.1 Å². The smallest absolute Gasteiger partial charge is 0.317 e. The lowest BCUT2D eigenvalue weighted by Gasteiger charge is -2.35. The van der Waals surface area contributed by atoms with Gasteiger partial charge >= 0.3 is 6.03 Å². The number of urea groups is 1. The van der Waals surface area contributed by atoms with E-state index in [2.05, 4.69) is 12.2 Å². The molecule has 0 radical (unpaired) electrons. The van der Waals surface area contributed by atoms with E-state index >= 15 is 0 Å². The Morgan fingerprint density at radius 3 is 2.75 bits per heavy atom. The van der Waals surface area contributed by atoms with E-state index in [4.69, 9.17) is 5.73 Å². The molecule has 0 heterocycles. The Hall–Kier alpha value is -0.770. The molecule has 0 aliphatic heterocycles. The number of carbonyl (C=O) groups is 1. The summed E-state index contributed by atoms with van der Waals surface area (Å²) in [6.45, 7) is 2.88. The lowest BCUT2D eigenvalue weighted by molar-refractivity contribution is 0.163. The minimum Gasteiger partial charge on any atom is -0.338 e. The number of carbonyl (C=O) groups excluding carboxylic acids is 1. The average Bonchev–Trinajstić information content (AvgIpc) is 2.29. The predicted octanol–water partition coefficient (Wildman–Crippen LogP) is 1.70. The molecule has 0 aromatic heterocycles. The quantitative estimate of drug-likeness (QED) is 0.718. The highest BCUT2D eigenvalue weighted by molar-refractivity contribution is 5.74. The molecule has 1 aliphatic carbocycles. The molecule has 0 spiro atoms. The van der Waals surface area contributed by atoms with Gasteiger partial charge in [0.1, 0.15) is 0 Å². The first-order valence-corrected chi connectivity index (χ1v) is 6.43. The first-order valence-electron chi connectivity index (χ1n) is 6.43. The third-order valence-corrected chi connectivity index (χ3v) is 3.41. The van der Waals surface area contributed by atoms with Crippen molar-refractivity contribution in [2.75, 3.05) is 13.6 Å². The van der Waals surface area contributed by atoms with Crippen LogP contribution in [0.5, 0.6) is 0 Å². The van der Waals surface area contributed by atoms with E-state index in [0.29, 0.717) is 0 Å². The molecule has 2 amide bonds. The van der Waals surface area contributed by atoms with Crippen LogP contribution in [-0.4, -0.2) is 36.6 Å². The van der Waals surface area contributed by atoms with Crippen LogP contribution in [0.2, 0.25) is 0 Å². The average molecular weight is 227 g/mol. The van der Waals surface area contributed by atoms with Crippen LogP contribution in [0.4, 0.5) is 4.79 Å². The summed E-state index contributed by atoms with van der Waals surface area (Å²) in [7, 11) is 1.86. The lowest BCUT2D eigenvalue weighted by atomic mass is 9.90. The molecule has 3 N–H and O–H groups in total. The number of nitrogens with two attached hydrogens (primary N) is 1. The molecule has 2 atom stereocenters. The number of unbranched alkanes of at least 4 members (excludes halogenated alkanes) is 1. The topological polar surface area (TPSA) is 58.4 Å². The molecule has 2 unspecified atom stereocenters. The van der Waals surface area contributed by atoms with Crippen LogP contribution in [0.1, 0.15) is 45.4 Å². The van der Waals surface area contributed by atoms with Crippen molar-refractivity contribution >= 4 is 6.03 Å². The molecular formula is C12H25N3O. The van der Waals surface area contributed by atoms with E-state index in [0.717, 1.165) is 32.2 Å². The number of rotatable bonds is 4. The van der Waals surface area contributed by atoms with E-state index in [9.17, 15) is 4.79 Å². The summed E-state index contributed by atoms with van der Waals surface area (Å²) in [6, 6.07) is 0.391. The van der Waals surface area contributed by atoms with Gasteiger partial charge in [0.15, 0.2) is 0 Å². The molecule has 1 fully saturated rings. The van der Waals surface area contributed by atoms with Gasteiger partial charge < -0.3 is 16.0 Å². The van der Waals surface area contributed by atoms with Crippen molar-refractivity contribution in [3.05, 3.63) is 0 Å². The van der Waals surface area contributed by atoms with Gasteiger partial charge in [-0.2, -0.15) is 0 Å². The zero-order valence-electron chi connectivity index (χ0n) is 10.5. The number of likely N-dealkylation sites (N-methyl/N-ethyl adjacent to an activating group) is 1. The minimum atomic E-state index is 0.0239. The summed E-state index contributed by atoms with van der Waals surface area (Å²) >= 11 is 0. The van der Waals surface area contributed by atoms with E-state index in [1.54, 1.807) is 4.90 Å². The standard InChI is InChI=1S/C12H25N3O/c1-3-4-9-14-12(16)15(2)11-8-6-5-7-10(11)13/h10-11H,3-9,13H2,1-2H3,(H,14,16). The van der Waals surface area contributed by atoms with Gasteiger partial charge in [0.2, 0.25) is 0 Å². The Balaban J connectivity index is 2.36. The number of nitrogens with zero attached hydrogens (tertiary/aromatic N) is 1.